The van der Waals surface area contributed by atoms with Crippen molar-refractivity contribution in [1.82, 2.24) is 10.2 Å². The third-order valence-electron chi connectivity index (χ3n) is 3.20. The van der Waals surface area contributed by atoms with E-state index in [1.54, 1.807) is 0 Å². The van der Waals surface area contributed by atoms with E-state index in [4.69, 9.17) is 0 Å². The van der Waals surface area contributed by atoms with Gasteiger partial charge in [-0.15, -0.1) is 0 Å². The van der Waals surface area contributed by atoms with Crippen LogP contribution in [-0.2, 0) is 4.79 Å². The molecular formula is C12H22N2OS. The summed E-state index contributed by atoms with van der Waals surface area (Å²) in [5.41, 5.74) is 0. The van der Waals surface area contributed by atoms with Gasteiger partial charge in [-0.2, -0.15) is 11.8 Å². The Hall–Kier alpha value is -0.220. The first-order valence-corrected chi connectivity index (χ1v) is 7.46. The fourth-order valence-electron chi connectivity index (χ4n) is 2.33. The molecule has 92 valence electrons. The average Bonchev–Trinajstić information content (AvgIpc) is 3.03. The van der Waals surface area contributed by atoms with Gasteiger partial charge in [0.25, 0.3) is 0 Å². The monoisotopic (exact) mass is 242 g/mol. The molecule has 3 nitrogen and oxygen atoms in total. The molecule has 1 N–H and O–H groups in total. The second-order valence-corrected chi connectivity index (χ2v) is 6.21. The highest BCUT2D eigenvalue weighted by Crippen LogP contribution is 2.29. The first-order chi connectivity index (χ1) is 7.68. The van der Waals surface area contributed by atoms with Crippen LogP contribution in [-0.4, -0.2) is 47.0 Å². The van der Waals surface area contributed by atoms with Gasteiger partial charge in [-0.25, -0.2) is 0 Å². The minimum atomic E-state index is 0.345. The van der Waals surface area contributed by atoms with Crippen LogP contribution >= 0.6 is 11.8 Å². The molecule has 0 aromatic heterocycles. The standard InChI is InChI=1S/C12H22N2OS/c1-9(2)14(11-3-4-11)12(15)7-10-8-16-6-5-13-10/h9-11,13H,3-8H2,1-2H3. The van der Waals surface area contributed by atoms with E-state index in [1.807, 2.05) is 11.8 Å². The molecule has 0 bridgehead atoms. The lowest BCUT2D eigenvalue weighted by Crippen LogP contribution is -2.45. The first kappa shape index (κ1) is 12.2. The van der Waals surface area contributed by atoms with Gasteiger partial charge in [0.05, 0.1) is 0 Å². The molecule has 1 atom stereocenters. The van der Waals surface area contributed by atoms with Gasteiger partial charge in [-0.05, 0) is 26.7 Å². The van der Waals surface area contributed by atoms with Crippen LogP contribution in [0.2, 0.25) is 0 Å². The van der Waals surface area contributed by atoms with Gasteiger partial charge in [-0.1, -0.05) is 0 Å². The Morgan fingerprint density at radius 1 is 1.50 bits per heavy atom. The first-order valence-electron chi connectivity index (χ1n) is 6.30. The van der Waals surface area contributed by atoms with Gasteiger partial charge >= 0.3 is 0 Å². The van der Waals surface area contributed by atoms with Crippen molar-refractivity contribution >= 4 is 17.7 Å². The zero-order chi connectivity index (χ0) is 11.5. The predicted molar refractivity (Wildman–Crippen MR) is 68.7 cm³/mol. The third-order valence-corrected chi connectivity index (χ3v) is 4.33. The summed E-state index contributed by atoms with van der Waals surface area (Å²) in [4.78, 5) is 14.3. The molecular weight excluding hydrogens is 220 g/mol. The third kappa shape index (κ3) is 3.14. The Kier molecular flexibility index (Phi) is 4.14. The molecule has 2 fully saturated rings. The maximum absolute atomic E-state index is 12.2. The summed E-state index contributed by atoms with van der Waals surface area (Å²) < 4.78 is 0. The Morgan fingerprint density at radius 2 is 2.25 bits per heavy atom. The molecule has 0 spiro atoms. The summed E-state index contributed by atoms with van der Waals surface area (Å²) in [5.74, 6) is 2.61. The van der Waals surface area contributed by atoms with Crippen LogP contribution in [0.1, 0.15) is 33.1 Å². The van der Waals surface area contributed by atoms with Crippen LogP contribution in [0.4, 0.5) is 0 Å². The van der Waals surface area contributed by atoms with Crippen molar-refractivity contribution in [3.63, 3.8) is 0 Å². The molecule has 1 unspecified atom stereocenters. The Labute approximate surface area is 102 Å². The van der Waals surface area contributed by atoms with Gasteiger partial charge in [0.2, 0.25) is 5.91 Å². The lowest BCUT2D eigenvalue weighted by Gasteiger charge is -2.30. The van der Waals surface area contributed by atoms with E-state index in [9.17, 15) is 4.79 Å². The molecule has 1 amide bonds. The van der Waals surface area contributed by atoms with Gasteiger partial charge in [0.1, 0.15) is 0 Å². The zero-order valence-electron chi connectivity index (χ0n) is 10.2. The molecule has 1 aliphatic heterocycles. The number of hydrogen-bond acceptors (Lipinski definition) is 3. The van der Waals surface area contributed by atoms with Crippen molar-refractivity contribution in [3.8, 4) is 0 Å². The number of nitrogens with zero attached hydrogens (tertiary/aromatic N) is 1. The number of nitrogens with one attached hydrogen (secondary N) is 1. The van der Waals surface area contributed by atoms with Crippen LogP contribution in [0.5, 0.6) is 0 Å². The summed E-state index contributed by atoms with van der Waals surface area (Å²) in [5, 5.41) is 3.43. The number of hydrogen-bond donors (Lipinski definition) is 1. The van der Waals surface area contributed by atoms with E-state index in [-0.39, 0.29) is 0 Å². The summed E-state index contributed by atoms with van der Waals surface area (Å²) >= 11 is 1.96. The predicted octanol–water partition coefficient (Wildman–Crippen LogP) is 1.48. The topological polar surface area (TPSA) is 32.3 Å². The molecule has 1 heterocycles. The number of carbonyl (C=O) groups excluding carboxylic acids is 1. The number of amides is 1. The second-order valence-electron chi connectivity index (χ2n) is 5.06. The maximum atomic E-state index is 12.2. The average molecular weight is 242 g/mol. The molecule has 1 saturated heterocycles. The normalized spacial score (nSPS) is 25.8. The summed E-state index contributed by atoms with van der Waals surface area (Å²) in [7, 11) is 0. The van der Waals surface area contributed by atoms with E-state index in [0.717, 1.165) is 12.3 Å². The zero-order valence-corrected chi connectivity index (χ0v) is 11.1. The van der Waals surface area contributed by atoms with Crippen LogP contribution in [0.3, 0.4) is 0 Å². The highest BCUT2D eigenvalue weighted by molar-refractivity contribution is 7.99. The van der Waals surface area contributed by atoms with Crippen molar-refractivity contribution in [3.05, 3.63) is 0 Å². The van der Waals surface area contributed by atoms with Gasteiger partial charge in [0.15, 0.2) is 0 Å². The minimum Gasteiger partial charge on any atom is -0.337 e. The Morgan fingerprint density at radius 3 is 2.75 bits per heavy atom. The van der Waals surface area contributed by atoms with Crippen LogP contribution in [0, 0.1) is 0 Å². The minimum absolute atomic E-state index is 0.345. The fourth-order valence-corrected chi connectivity index (χ4v) is 3.28. The van der Waals surface area contributed by atoms with Crippen LogP contribution < -0.4 is 5.32 Å². The maximum Gasteiger partial charge on any atom is 0.224 e. The quantitative estimate of drug-likeness (QED) is 0.810. The molecule has 1 saturated carbocycles. The highest BCUT2D eigenvalue weighted by Gasteiger charge is 2.34. The molecule has 2 aliphatic rings. The van der Waals surface area contributed by atoms with Crippen molar-refractivity contribution in [2.24, 2.45) is 0 Å². The van der Waals surface area contributed by atoms with E-state index >= 15 is 0 Å². The van der Waals surface area contributed by atoms with E-state index in [2.05, 4.69) is 24.1 Å². The van der Waals surface area contributed by atoms with E-state index < -0.39 is 0 Å². The van der Waals surface area contributed by atoms with Crippen LogP contribution in [0.25, 0.3) is 0 Å². The molecule has 1 aliphatic carbocycles. The molecule has 0 radical (unpaired) electrons. The fraction of sp³-hybridized carbons (Fsp3) is 0.917. The largest absolute Gasteiger partial charge is 0.337 e. The van der Waals surface area contributed by atoms with Gasteiger partial charge in [-0.3, -0.25) is 4.79 Å². The van der Waals surface area contributed by atoms with Gasteiger partial charge < -0.3 is 10.2 Å². The van der Waals surface area contributed by atoms with Crippen molar-refractivity contribution in [2.45, 2.75) is 51.2 Å². The lowest BCUT2D eigenvalue weighted by atomic mass is 10.2. The molecule has 2 rings (SSSR count). The number of rotatable bonds is 4. The Balaban J connectivity index is 1.84. The van der Waals surface area contributed by atoms with Crippen LogP contribution in [0.15, 0.2) is 0 Å². The summed E-state index contributed by atoms with van der Waals surface area (Å²) in [6.07, 6.45) is 3.09. The summed E-state index contributed by atoms with van der Waals surface area (Å²) in [6, 6.07) is 1.30. The number of carbonyl (C=O) groups is 1. The molecule has 0 aromatic carbocycles. The lowest BCUT2D eigenvalue weighted by molar-refractivity contribution is -0.133. The second kappa shape index (κ2) is 5.41. The number of thioether (sulfide) groups is 1. The van der Waals surface area contributed by atoms with Crippen molar-refractivity contribution < 1.29 is 4.79 Å². The highest BCUT2D eigenvalue weighted by atomic mass is 32.2. The smallest absolute Gasteiger partial charge is 0.224 e. The molecule has 0 aromatic rings. The molecule has 16 heavy (non-hydrogen) atoms. The van der Waals surface area contributed by atoms with Gasteiger partial charge in [0, 0.05) is 42.6 Å². The van der Waals surface area contributed by atoms with E-state index in [1.165, 1.54) is 18.6 Å². The van der Waals surface area contributed by atoms with E-state index in [0.29, 0.717) is 30.5 Å². The van der Waals surface area contributed by atoms with Crippen molar-refractivity contribution in [2.75, 3.05) is 18.1 Å². The molecule has 4 heteroatoms. The Bertz CT molecular complexity index is 245. The van der Waals surface area contributed by atoms with Crippen molar-refractivity contribution in [1.29, 1.82) is 0 Å². The summed E-state index contributed by atoms with van der Waals surface area (Å²) in [6.45, 7) is 5.30. The SMILES string of the molecule is CC(C)N(C(=O)CC1CSCCN1)C1CC1.